The topological polar surface area (TPSA) is 96.9 Å². The van der Waals surface area contributed by atoms with Crippen molar-refractivity contribution < 1.29 is 24.2 Å². The van der Waals surface area contributed by atoms with Crippen LogP contribution in [0.4, 0.5) is 5.69 Å². The number of aliphatic hydroxyl groups is 1. The van der Waals surface area contributed by atoms with Crippen molar-refractivity contribution in [2.45, 2.75) is 32.1 Å². The molecule has 0 bridgehead atoms. The number of hydrogen-bond acceptors (Lipinski definition) is 6. The Hall–Kier alpha value is -3.16. The lowest BCUT2D eigenvalue weighted by atomic mass is 9.98. The van der Waals surface area contributed by atoms with E-state index in [1.165, 1.54) is 7.11 Å². The van der Waals surface area contributed by atoms with E-state index in [0.29, 0.717) is 30.9 Å². The van der Waals surface area contributed by atoms with Crippen LogP contribution in [0.2, 0.25) is 0 Å². The number of benzene rings is 2. The summed E-state index contributed by atoms with van der Waals surface area (Å²) in [5, 5.41) is 15.7. The molecule has 0 fully saturated rings. The van der Waals surface area contributed by atoms with Crippen molar-refractivity contribution in [2.75, 3.05) is 19.0 Å². The van der Waals surface area contributed by atoms with Crippen LogP contribution in [0, 0.1) is 0 Å². The van der Waals surface area contributed by atoms with Gasteiger partial charge in [0.1, 0.15) is 18.4 Å². The molecule has 2 aliphatic heterocycles. The molecule has 2 aliphatic rings. The summed E-state index contributed by atoms with van der Waals surface area (Å²) in [5.41, 5.74) is 5.23. The molecule has 0 radical (unpaired) electrons. The number of ether oxygens (including phenoxy) is 2. The smallest absolute Gasteiger partial charge is 0.325 e. The second kappa shape index (κ2) is 8.30. The summed E-state index contributed by atoms with van der Waals surface area (Å²) in [7, 11) is 1.30. The lowest BCUT2D eigenvalue weighted by Gasteiger charge is -2.19. The third-order valence-corrected chi connectivity index (χ3v) is 5.40. The minimum absolute atomic E-state index is 0.153. The quantitative estimate of drug-likeness (QED) is 0.500. The monoisotopic (exact) mass is 408 g/mol. The fourth-order valence-electron chi connectivity index (χ4n) is 3.87. The SMILES string of the molecule is COC(=O)[C@@H](NCCc1ccc2c(c1)COC2=C1C(=O)Nc2ccccc21)[C@H](C)O. The van der Waals surface area contributed by atoms with Crippen molar-refractivity contribution in [1.82, 2.24) is 5.32 Å². The van der Waals surface area contributed by atoms with Gasteiger partial charge < -0.3 is 25.2 Å². The first kappa shape index (κ1) is 20.1. The third-order valence-electron chi connectivity index (χ3n) is 5.40. The number of nitrogens with one attached hydrogen (secondary N) is 2. The van der Waals surface area contributed by atoms with Crippen molar-refractivity contribution in [1.29, 1.82) is 0 Å². The van der Waals surface area contributed by atoms with Crippen LogP contribution in [-0.4, -0.2) is 42.8 Å². The molecule has 2 heterocycles. The predicted octanol–water partition coefficient (Wildman–Crippen LogP) is 2.09. The van der Waals surface area contributed by atoms with Gasteiger partial charge in [-0.25, -0.2) is 0 Å². The van der Waals surface area contributed by atoms with E-state index in [1.54, 1.807) is 6.92 Å². The van der Waals surface area contributed by atoms with Crippen LogP contribution in [0.25, 0.3) is 11.3 Å². The molecule has 0 aliphatic carbocycles. The standard InChI is InChI=1S/C23H24N2O5/c1-13(26)20(23(28)29-2)24-10-9-14-7-8-16-15(11-14)12-30-21(16)19-17-5-3-4-6-18(17)25-22(19)27/h3-8,11,13,20,24,26H,9-10,12H2,1-2H3,(H,25,27)/t13-,20-/m0/s1. The molecule has 7 nitrogen and oxygen atoms in total. The van der Waals surface area contributed by atoms with Gasteiger partial charge in [-0.05, 0) is 25.0 Å². The Morgan fingerprint density at radius 3 is 2.83 bits per heavy atom. The van der Waals surface area contributed by atoms with Crippen molar-refractivity contribution in [3.05, 3.63) is 64.7 Å². The van der Waals surface area contributed by atoms with E-state index in [1.807, 2.05) is 36.4 Å². The Labute approximate surface area is 174 Å². The van der Waals surface area contributed by atoms with Crippen LogP contribution in [-0.2, 0) is 32.1 Å². The average molecular weight is 408 g/mol. The maximum absolute atomic E-state index is 12.5. The number of aliphatic hydroxyl groups excluding tert-OH is 1. The molecule has 4 rings (SSSR count). The van der Waals surface area contributed by atoms with E-state index in [-0.39, 0.29) is 5.91 Å². The van der Waals surface area contributed by atoms with Crippen LogP contribution in [0.3, 0.4) is 0 Å². The van der Waals surface area contributed by atoms with Gasteiger partial charge in [-0.3, -0.25) is 9.59 Å². The Balaban J connectivity index is 1.51. The zero-order valence-corrected chi connectivity index (χ0v) is 16.9. The average Bonchev–Trinajstić information content (AvgIpc) is 3.29. The molecule has 156 valence electrons. The van der Waals surface area contributed by atoms with Crippen LogP contribution in [0.5, 0.6) is 0 Å². The molecule has 1 amide bonds. The summed E-state index contributed by atoms with van der Waals surface area (Å²) in [4.78, 5) is 24.2. The molecular formula is C23H24N2O5. The number of carbonyl (C=O) groups is 2. The predicted molar refractivity (Wildman–Crippen MR) is 112 cm³/mol. The number of methoxy groups -OCH3 is 1. The Morgan fingerprint density at radius 1 is 1.27 bits per heavy atom. The van der Waals surface area contributed by atoms with E-state index in [2.05, 4.69) is 16.7 Å². The van der Waals surface area contributed by atoms with Gasteiger partial charge in [-0.15, -0.1) is 0 Å². The van der Waals surface area contributed by atoms with Gasteiger partial charge in [-0.1, -0.05) is 36.4 Å². The number of para-hydroxylation sites is 1. The number of fused-ring (bicyclic) bond motifs is 2. The fraction of sp³-hybridized carbons (Fsp3) is 0.304. The number of amides is 1. The van der Waals surface area contributed by atoms with Crippen molar-refractivity contribution in [3.8, 4) is 0 Å². The van der Waals surface area contributed by atoms with Gasteiger partial charge in [0.15, 0.2) is 0 Å². The highest BCUT2D eigenvalue weighted by atomic mass is 16.5. The van der Waals surface area contributed by atoms with Crippen LogP contribution < -0.4 is 10.6 Å². The van der Waals surface area contributed by atoms with Gasteiger partial charge in [0.05, 0.1) is 18.8 Å². The third kappa shape index (κ3) is 3.69. The number of hydrogen-bond donors (Lipinski definition) is 3. The molecule has 3 N–H and O–H groups in total. The lowest BCUT2D eigenvalue weighted by molar-refractivity contribution is -0.145. The highest BCUT2D eigenvalue weighted by Gasteiger charge is 2.32. The van der Waals surface area contributed by atoms with Crippen LogP contribution >= 0.6 is 0 Å². The zero-order chi connectivity index (χ0) is 21.3. The van der Waals surface area contributed by atoms with Crippen LogP contribution in [0.15, 0.2) is 42.5 Å². The summed E-state index contributed by atoms with van der Waals surface area (Å²) in [5.74, 6) is -0.0324. The summed E-state index contributed by atoms with van der Waals surface area (Å²) < 4.78 is 10.6. The molecule has 0 saturated carbocycles. The summed E-state index contributed by atoms with van der Waals surface area (Å²) in [6.45, 7) is 2.46. The molecule has 0 saturated heterocycles. The molecule has 30 heavy (non-hydrogen) atoms. The van der Waals surface area contributed by atoms with Gasteiger partial charge in [0, 0.05) is 28.9 Å². The Bertz CT molecular complexity index is 1030. The Kier molecular flexibility index (Phi) is 5.57. The highest BCUT2D eigenvalue weighted by Crippen LogP contribution is 2.41. The molecule has 2 aromatic rings. The van der Waals surface area contributed by atoms with E-state index < -0.39 is 18.1 Å². The maximum Gasteiger partial charge on any atom is 0.325 e. The molecule has 0 aromatic heterocycles. The fourth-order valence-corrected chi connectivity index (χ4v) is 3.87. The van der Waals surface area contributed by atoms with Crippen molar-refractivity contribution in [3.63, 3.8) is 0 Å². The summed E-state index contributed by atoms with van der Waals surface area (Å²) >= 11 is 0. The lowest BCUT2D eigenvalue weighted by Crippen LogP contribution is -2.46. The first-order chi connectivity index (χ1) is 14.5. The molecule has 0 spiro atoms. The normalized spacial score (nSPS) is 18.8. The van der Waals surface area contributed by atoms with Gasteiger partial charge in [-0.2, -0.15) is 0 Å². The summed E-state index contributed by atoms with van der Waals surface area (Å²) in [6, 6.07) is 12.8. The maximum atomic E-state index is 12.5. The summed E-state index contributed by atoms with van der Waals surface area (Å²) in [6.07, 6.45) is -0.177. The number of carbonyl (C=O) groups excluding carboxylic acids is 2. The number of anilines is 1. The van der Waals surface area contributed by atoms with E-state index >= 15 is 0 Å². The van der Waals surface area contributed by atoms with Gasteiger partial charge in [0.2, 0.25) is 0 Å². The number of esters is 1. The first-order valence-electron chi connectivity index (χ1n) is 9.89. The van der Waals surface area contributed by atoms with Crippen molar-refractivity contribution in [2.24, 2.45) is 0 Å². The van der Waals surface area contributed by atoms with E-state index in [9.17, 15) is 14.7 Å². The van der Waals surface area contributed by atoms with Gasteiger partial charge in [0.25, 0.3) is 5.91 Å². The van der Waals surface area contributed by atoms with Crippen molar-refractivity contribution >= 4 is 28.9 Å². The molecule has 2 atom stereocenters. The van der Waals surface area contributed by atoms with E-state index in [0.717, 1.165) is 27.9 Å². The second-order valence-electron chi connectivity index (χ2n) is 7.43. The first-order valence-corrected chi connectivity index (χ1v) is 9.89. The molecule has 7 heteroatoms. The second-order valence-corrected chi connectivity index (χ2v) is 7.43. The zero-order valence-electron chi connectivity index (χ0n) is 16.9. The minimum Gasteiger partial charge on any atom is -0.487 e. The minimum atomic E-state index is -0.847. The highest BCUT2D eigenvalue weighted by molar-refractivity contribution is 6.36. The number of rotatable bonds is 6. The largest absolute Gasteiger partial charge is 0.487 e. The van der Waals surface area contributed by atoms with E-state index in [4.69, 9.17) is 9.47 Å². The van der Waals surface area contributed by atoms with Gasteiger partial charge >= 0.3 is 5.97 Å². The molecule has 2 aromatic carbocycles. The Morgan fingerprint density at radius 2 is 2.07 bits per heavy atom. The van der Waals surface area contributed by atoms with Crippen LogP contribution in [0.1, 0.15) is 29.2 Å². The molecular weight excluding hydrogens is 384 g/mol. The molecule has 0 unspecified atom stereocenters.